The van der Waals surface area contributed by atoms with Crippen LogP contribution in [0.3, 0.4) is 0 Å². The van der Waals surface area contributed by atoms with Gasteiger partial charge in [0.2, 0.25) is 5.91 Å². The largest absolute Gasteiger partial charge is 0.302 e. The van der Waals surface area contributed by atoms with Crippen LogP contribution in [-0.2, 0) is 15.0 Å². The van der Waals surface area contributed by atoms with Crippen molar-refractivity contribution in [2.24, 2.45) is 5.92 Å². The number of hydrogen-bond donors (Lipinski definition) is 1. The highest BCUT2D eigenvalue weighted by molar-refractivity contribution is 7.86. The lowest BCUT2D eigenvalue weighted by molar-refractivity contribution is -0.117. The highest BCUT2D eigenvalue weighted by Crippen LogP contribution is 2.33. The zero-order valence-corrected chi connectivity index (χ0v) is 12.7. The lowest BCUT2D eigenvalue weighted by Gasteiger charge is -2.16. The number of aromatic nitrogens is 2. The fourth-order valence-electron chi connectivity index (χ4n) is 2.72. The van der Waals surface area contributed by atoms with Crippen molar-refractivity contribution in [2.75, 3.05) is 17.2 Å². The van der Waals surface area contributed by atoms with Crippen molar-refractivity contribution in [3.05, 3.63) is 36.3 Å². The van der Waals surface area contributed by atoms with Gasteiger partial charge in [0, 0.05) is 24.4 Å². The molecule has 1 aromatic carbocycles. The van der Waals surface area contributed by atoms with E-state index in [0.29, 0.717) is 16.9 Å². The highest BCUT2D eigenvalue weighted by atomic mass is 32.3. The standard InChI is InChI=1S/C14H13F2N3O3S/c15-11-3-1-10(2-4-11)12-6-17-18-14(12)19-7-9(5-13(19)20)8-23(16,21)22/h1-4,6,9H,5,7-8H2,(H,17,18). The maximum atomic E-state index is 13.0. The molecule has 1 fully saturated rings. The fourth-order valence-corrected chi connectivity index (χ4v) is 3.50. The Balaban J connectivity index is 1.87. The number of amides is 1. The van der Waals surface area contributed by atoms with Crippen LogP contribution in [0, 0.1) is 11.7 Å². The van der Waals surface area contributed by atoms with Crippen LogP contribution in [0.15, 0.2) is 30.5 Å². The van der Waals surface area contributed by atoms with Gasteiger partial charge in [0.25, 0.3) is 0 Å². The van der Waals surface area contributed by atoms with Crippen LogP contribution in [0.25, 0.3) is 11.1 Å². The van der Waals surface area contributed by atoms with Crippen molar-refractivity contribution in [3.8, 4) is 11.1 Å². The summed E-state index contributed by atoms with van der Waals surface area (Å²) in [6, 6.07) is 5.67. The number of nitrogens with one attached hydrogen (secondary N) is 1. The monoisotopic (exact) mass is 341 g/mol. The molecule has 1 saturated heterocycles. The van der Waals surface area contributed by atoms with Crippen molar-refractivity contribution in [2.45, 2.75) is 6.42 Å². The summed E-state index contributed by atoms with van der Waals surface area (Å²) in [5.41, 5.74) is 1.24. The number of rotatable bonds is 4. The number of nitrogens with zero attached hydrogens (tertiary/aromatic N) is 2. The molecule has 1 aromatic heterocycles. The summed E-state index contributed by atoms with van der Waals surface area (Å²) in [5.74, 6) is -1.60. The number of hydrogen-bond acceptors (Lipinski definition) is 4. The minimum atomic E-state index is -4.64. The van der Waals surface area contributed by atoms with Crippen molar-refractivity contribution in [3.63, 3.8) is 0 Å². The van der Waals surface area contributed by atoms with Gasteiger partial charge in [0.1, 0.15) is 11.6 Å². The first kappa shape index (κ1) is 15.6. The maximum absolute atomic E-state index is 13.0. The Hall–Kier alpha value is -2.29. The van der Waals surface area contributed by atoms with E-state index in [4.69, 9.17) is 0 Å². The van der Waals surface area contributed by atoms with Crippen molar-refractivity contribution >= 4 is 21.9 Å². The summed E-state index contributed by atoms with van der Waals surface area (Å²) in [6.07, 6.45) is 1.44. The van der Waals surface area contributed by atoms with Gasteiger partial charge in [-0.15, -0.1) is 3.89 Å². The Morgan fingerprint density at radius 1 is 1.30 bits per heavy atom. The highest BCUT2D eigenvalue weighted by Gasteiger charge is 2.35. The number of anilines is 1. The predicted octanol–water partition coefficient (Wildman–Crippen LogP) is 1.87. The van der Waals surface area contributed by atoms with Crippen LogP contribution in [0.5, 0.6) is 0 Å². The number of H-pyrrole nitrogens is 1. The number of carbonyl (C=O) groups excluding carboxylic acids is 1. The molecule has 3 rings (SSSR count). The quantitative estimate of drug-likeness (QED) is 0.861. The van der Waals surface area contributed by atoms with E-state index in [1.807, 2.05) is 0 Å². The smallest absolute Gasteiger partial charge is 0.296 e. The number of benzene rings is 1. The number of aromatic amines is 1. The van der Waals surface area contributed by atoms with Crippen LogP contribution >= 0.6 is 0 Å². The molecule has 122 valence electrons. The van der Waals surface area contributed by atoms with E-state index in [1.54, 1.807) is 12.1 Å². The van der Waals surface area contributed by atoms with Crippen LogP contribution in [-0.4, -0.2) is 36.8 Å². The summed E-state index contributed by atoms with van der Waals surface area (Å²) in [6.45, 7) is 0.0817. The normalized spacial score (nSPS) is 18.6. The first-order valence-corrected chi connectivity index (χ1v) is 8.41. The Morgan fingerprint density at radius 3 is 2.65 bits per heavy atom. The van der Waals surface area contributed by atoms with Gasteiger partial charge >= 0.3 is 10.2 Å². The third kappa shape index (κ3) is 3.39. The third-order valence-electron chi connectivity index (χ3n) is 3.68. The average molecular weight is 341 g/mol. The van der Waals surface area contributed by atoms with Crippen LogP contribution in [0.2, 0.25) is 0 Å². The molecular formula is C14H13F2N3O3S. The first-order valence-electron chi connectivity index (χ1n) is 6.85. The minimum Gasteiger partial charge on any atom is -0.296 e. The van der Waals surface area contributed by atoms with E-state index >= 15 is 0 Å². The molecule has 0 bridgehead atoms. The van der Waals surface area contributed by atoms with Gasteiger partial charge in [-0.05, 0) is 17.7 Å². The molecule has 0 radical (unpaired) electrons. The fraction of sp³-hybridized carbons (Fsp3) is 0.286. The molecular weight excluding hydrogens is 328 g/mol. The Labute approximate surface area is 131 Å². The Morgan fingerprint density at radius 2 is 2.00 bits per heavy atom. The molecule has 0 aliphatic carbocycles. The number of carbonyl (C=O) groups is 1. The SMILES string of the molecule is O=C1CC(CS(=O)(=O)F)CN1c1[nH]ncc1-c1ccc(F)cc1. The molecule has 1 N–H and O–H groups in total. The first-order chi connectivity index (χ1) is 10.8. The van der Waals surface area contributed by atoms with E-state index in [0.717, 1.165) is 0 Å². The summed E-state index contributed by atoms with van der Waals surface area (Å²) in [4.78, 5) is 13.5. The lowest BCUT2D eigenvalue weighted by atomic mass is 10.1. The van der Waals surface area contributed by atoms with Crippen molar-refractivity contribution < 1.29 is 21.5 Å². The Bertz CT molecular complexity index is 833. The van der Waals surface area contributed by atoms with Gasteiger partial charge in [-0.3, -0.25) is 14.8 Å². The molecule has 1 atom stereocenters. The van der Waals surface area contributed by atoms with Gasteiger partial charge < -0.3 is 0 Å². The molecule has 1 aliphatic heterocycles. The van der Waals surface area contributed by atoms with Crippen molar-refractivity contribution in [1.82, 2.24) is 10.2 Å². The molecule has 1 unspecified atom stereocenters. The van der Waals surface area contributed by atoms with E-state index in [1.165, 1.54) is 23.2 Å². The van der Waals surface area contributed by atoms with Crippen LogP contribution < -0.4 is 4.90 Å². The second kappa shape index (κ2) is 5.73. The molecule has 2 aromatic rings. The van der Waals surface area contributed by atoms with E-state index in [-0.39, 0.29) is 24.7 Å². The van der Waals surface area contributed by atoms with Gasteiger partial charge in [0.05, 0.1) is 11.9 Å². The van der Waals surface area contributed by atoms with Gasteiger partial charge in [-0.2, -0.15) is 13.5 Å². The zero-order valence-electron chi connectivity index (χ0n) is 11.9. The predicted molar refractivity (Wildman–Crippen MR) is 79.3 cm³/mol. The summed E-state index contributed by atoms with van der Waals surface area (Å²) in [7, 11) is -4.64. The molecule has 1 amide bonds. The van der Waals surface area contributed by atoms with Gasteiger partial charge in [-0.1, -0.05) is 12.1 Å². The molecule has 0 saturated carbocycles. The molecule has 6 nitrogen and oxygen atoms in total. The summed E-state index contributed by atoms with van der Waals surface area (Å²) >= 11 is 0. The number of halogens is 2. The van der Waals surface area contributed by atoms with E-state index < -0.39 is 21.9 Å². The van der Waals surface area contributed by atoms with Crippen LogP contribution in [0.1, 0.15) is 6.42 Å². The maximum Gasteiger partial charge on any atom is 0.302 e. The van der Waals surface area contributed by atoms with E-state index in [2.05, 4.69) is 10.2 Å². The summed E-state index contributed by atoms with van der Waals surface area (Å²) < 4.78 is 47.3. The summed E-state index contributed by atoms with van der Waals surface area (Å²) in [5, 5.41) is 6.59. The topological polar surface area (TPSA) is 83.1 Å². The molecule has 0 spiro atoms. The van der Waals surface area contributed by atoms with Gasteiger partial charge in [0.15, 0.2) is 0 Å². The Kier molecular flexibility index (Phi) is 3.88. The lowest BCUT2D eigenvalue weighted by Crippen LogP contribution is -2.26. The molecule has 23 heavy (non-hydrogen) atoms. The van der Waals surface area contributed by atoms with Crippen LogP contribution in [0.4, 0.5) is 14.1 Å². The molecule has 1 aliphatic rings. The molecule has 9 heteroatoms. The van der Waals surface area contributed by atoms with E-state index in [9.17, 15) is 21.5 Å². The second-order valence-corrected chi connectivity index (χ2v) is 6.83. The molecule has 2 heterocycles. The second-order valence-electron chi connectivity index (χ2n) is 5.42. The average Bonchev–Trinajstić information content (AvgIpc) is 3.04. The van der Waals surface area contributed by atoms with Crippen molar-refractivity contribution in [1.29, 1.82) is 0 Å². The third-order valence-corrected chi connectivity index (χ3v) is 4.55. The zero-order chi connectivity index (χ0) is 16.6. The minimum absolute atomic E-state index is 0.0506. The van der Waals surface area contributed by atoms with Gasteiger partial charge in [-0.25, -0.2) is 4.39 Å².